The summed E-state index contributed by atoms with van der Waals surface area (Å²) in [4.78, 5) is 40.2. The third-order valence-electron chi connectivity index (χ3n) is 5.15. The molecule has 32 heavy (non-hydrogen) atoms. The van der Waals surface area contributed by atoms with Gasteiger partial charge in [-0.05, 0) is 55.7 Å². The lowest BCUT2D eigenvalue weighted by Crippen LogP contribution is -2.36. The highest BCUT2D eigenvalue weighted by atomic mass is 32.1. The Morgan fingerprint density at radius 2 is 1.47 bits per heavy atom. The van der Waals surface area contributed by atoms with Crippen LogP contribution < -0.4 is 16.0 Å². The summed E-state index contributed by atoms with van der Waals surface area (Å²) in [6.45, 7) is 1.48. The molecule has 0 radical (unpaired) electrons. The Bertz CT molecular complexity index is 1110. The highest BCUT2D eigenvalue weighted by Gasteiger charge is 2.22. The molecule has 0 aliphatic carbocycles. The zero-order chi connectivity index (χ0) is 22.3. The molecule has 3 N–H and O–H groups in total. The van der Waals surface area contributed by atoms with Gasteiger partial charge in [0.2, 0.25) is 0 Å². The van der Waals surface area contributed by atoms with Crippen LogP contribution in [0.15, 0.2) is 66.7 Å². The van der Waals surface area contributed by atoms with Crippen LogP contribution in [-0.4, -0.2) is 35.8 Å². The molecule has 1 aliphatic rings. The van der Waals surface area contributed by atoms with E-state index < -0.39 is 0 Å². The molecule has 3 aromatic rings. The highest BCUT2D eigenvalue weighted by Crippen LogP contribution is 2.25. The summed E-state index contributed by atoms with van der Waals surface area (Å²) in [6, 6.07) is 19.1. The molecule has 1 aromatic heterocycles. The third-order valence-corrected chi connectivity index (χ3v) is 6.15. The van der Waals surface area contributed by atoms with E-state index in [0.29, 0.717) is 26.8 Å². The van der Waals surface area contributed by atoms with Crippen molar-refractivity contribution in [3.8, 4) is 0 Å². The molecule has 0 atom stereocenters. The number of para-hydroxylation sites is 2. The van der Waals surface area contributed by atoms with E-state index in [2.05, 4.69) is 16.0 Å². The van der Waals surface area contributed by atoms with Crippen LogP contribution in [0.4, 0.5) is 21.2 Å². The molecular weight excluding hydrogens is 424 g/mol. The Balaban J connectivity index is 1.40. The number of benzene rings is 2. The quantitative estimate of drug-likeness (QED) is 0.497. The van der Waals surface area contributed by atoms with E-state index in [1.165, 1.54) is 0 Å². The number of piperidine rings is 1. The number of carbonyl (C=O) groups is 3. The fourth-order valence-corrected chi connectivity index (χ4v) is 4.35. The van der Waals surface area contributed by atoms with Crippen molar-refractivity contribution in [2.45, 2.75) is 19.3 Å². The molecular formula is C24H24N4O3S. The van der Waals surface area contributed by atoms with Crippen molar-refractivity contribution >= 4 is 45.6 Å². The average molecular weight is 449 g/mol. The number of amides is 4. The number of anilines is 3. The molecule has 164 valence electrons. The lowest BCUT2D eigenvalue weighted by atomic mass is 10.1. The molecule has 0 unspecified atom stereocenters. The van der Waals surface area contributed by atoms with E-state index >= 15 is 0 Å². The van der Waals surface area contributed by atoms with Gasteiger partial charge in [0.05, 0.1) is 21.1 Å². The largest absolute Gasteiger partial charge is 0.339 e. The first-order chi connectivity index (χ1) is 15.6. The molecule has 0 bridgehead atoms. The summed E-state index contributed by atoms with van der Waals surface area (Å²) in [6.07, 6.45) is 3.15. The summed E-state index contributed by atoms with van der Waals surface area (Å²) < 4.78 is 0. The normalized spacial score (nSPS) is 13.3. The van der Waals surface area contributed by atoms with Crippen molar-refractivity contribution < 1.29 is 14.4 Å². The summed E-state index contributed by atoms with van der Waals surface area (Å²) >= 11 is 1.16. The van der Waals surface area contributed by atoms with E-state index in [9.17, 15) is 14.4 Å². The maximum Gasteiger partial charge on any atom is 0.324 e. The second kappa shape index (κ2) is 10.1. The number of rotatable bonds is 5. The summed E-state index contributed by atoms with van der Waals surface area (Å²) in [5.41, 5.74) is 1.65. The van der Waals surface area contributed by atoms with Gasteiger partial charge >= 0.3 is 6.03 Å². The molecule has 1 saturated heterocycles. The Labute approximate surface area is 190 Å². The van der Waals surface area contributed by atoms with Gasteiger partial charge in [-0.3, -0.25) is 14.9 Å². The van der Waals surface area contributed by atoms with E-state index in [1.54, 1.807) is 48.5 Å². The maximum atomic E-state index is 12.9. The Hall–Kier alpha value is -3.65. The van der Waals surface area contributed by atoms with E-state index in [4.69, 9.17) is 0 Å². The van der Waals surface area contributed by atoms with Gasteiger partial charge in [0.1, 0.15) is 0 Å². The molecule has 4 amide bonds. The van der Waals surface area contributed by atoms with Gasteiger partial charge in [-0.15, -0.1) is 11.3 Å². The van der Waals surface area contributed by atoms with Crippen LogP contribution in [-0.2, 0) is 0 Å². The molecule has 1 fully saturated rings. The van der Waals surface area contributed by atoms with Crippen LogP contribution in [0.25, 0.3) is 0 Å². The van der Waals surface area contributed by atoms with E-state index in [-0.39, 0.29) is 17.8 Å². The lowest BCUT2D eigenvalue weighted by molar-refractivity contribution is 0.0725. The Kier molecular flexibility index (Phi) is 6.81. The first-order valence-corrected chi connectivity index (χ1v) is 11.3. The standard InChI is InChI=1S/C24H24N4O3S/c29-22(20-13-14-21(32-20)27-24(31)25-17-9-3-1-4-10-17)26-19-12-6-5-11-18(19)23(30)28-15-7-2-8-16-28/h1,3-6,9-14H,2,7-8,15-16H2,(H,26,29)(H2,25,27,31). The van der Waals surface area contributed by atoms with E-state index in [0.717, 1.165) is 43.7 Å². The van der Waals surface area contributed by atoms with Crippen molar-refractivity contribution in [3.05, 3.63) is 77.2 Å². The SMILES string of the molecule is O=C(Nc1ccccc1)Nc1ccc(C(=O)Nc2ccccc2C(=O)N2CCCCC2)s1. The first-order valence-electron chi connectivity index (χ1n) is 10.5. The molecule has 7 nitrogen and oxygen atoms in total. The molecule has 0 spiro atoms. The summed E-state index contributed by atoms with van der Waals surface area (Å²) in [5.74, 6) is -0.392. The number of likely N-dealkylation sites (tertiary alicyclic amines) is 1. The smallest absolute Gasteiger partial charge is 0.324 e. The molecule has 4 rings (SSSR count). The minimum atomic E-state index is -0.387. The zero-order valence-corrected chi connectivity index (χ0v) is 18.3. The van der Waals surface area contributed by atoms with Crippen LogP contribution >= 0.6 is 11.3 Å². The second-order valence-corrected chi connectivity index (χ2v) is 8.55. The monoisotopic (exact) mass is 448 g/mol. The van der Waals surface area contributed by atoms with Crippen molar-refractivity contribution in [1.29, 1.82) is 0 Å². The second-order valence-electron chi connectivity index (χ2n) is 7.46. The molecule has 0 saturated carbocycles. The summed E-state index contributed by atoms with van der Waals surface area (Å²) in [5, 5.41) is 8.86. The van der Waals surface area contributed by atoms with Crippen LogP contribution in [0, 0.1) is 0 Å². The minimum Gasteiger partial charge on any atom is -0.339 e. The Morgan fingerprint density at radius 1 is 0.750 bits per heavy atom. The molecule has 2 aromatic carbocycles. The van der Waals surface area contributed by atoms with Gasteiger partial charge in [-0.1, -0.05) is 30.3 Å². The predicted octanol–water partition coefficient (Wildman–Crippen LogP) is 5.27. The van der Waals surface area contributed by atoms with Gasteiger partial charge < -0.3 is 15.5 Å². The van der Waals surface area contributed by atoms with Crippen molar-refractivity contribution in [3.63, 3.8) is 0 Å². The average Bonchev–Trinajstić information content (AvgIpc) is 3.28. The van der Waals surface area contributed by atoms with Crippen LogP contribution in [0.1, 0.15) is 39.3 Å². The number of carbonyl (C=O) groups excluding carboxylic acids is 3. The number of urea groups is 1. The van der Waals surface area contributed by atoms with E-state index in [1.807, 2.05) is 23.1 Å². The predicted molar refractivity (Wildman–Crippen MR) is 128 cm³/mol. The van der Waals surface area contributed by atoms with Gasteiger partial charge in [0.25, 0.3) is 11.8 Å². The van der Waals surface area contributed by atoms with Crippen molar-refractivity contribution in [2.24, 2.45) is 0 Å². The number of thiophene rings is 1. The van der Waals surface area contributed by atoms with Gasteiger partial charge in [0, 0.05) is 18.8 Å². The lowest BCUT2D eigenvalue weighted by Gasteiger charge is -2.27. The number of nitrogens with one attached hydrogen (secondary N) is 3. The van der Waals surface area contributed by atoms with Gasteiger partial charge in [-0.2, -0.15) is 0 Å². The Morgan fingerprint density at radius 3 is 2.25 bits per heavy atom. The molecule has 2 heterocycles. The minimum absolute atomic E-state index is 0.0632. The number of hydrogen-bond donors (Lipinski definition) is 3. The number of hydrogen-bond acceptors (Lipinski definition) is 4. The van der Waals surface area contributed by atoms with Gasteiger partial charge in [-0.25, -0.2) is 4.79 Å². The van der Waals surface area contributed by atoms with Gasteiger partial charge in [0.15, 0.2) is 0 Å². The summed E-state index contributed by atoms with van der Waals surface area (Å²) in [7, 11) is 0. The van der Waals surface area contributed by atoms with Crippen molar-refractivity contribution in [2.75, 3.05) is 29.0 Å². The highest BCUT2D eigenvalue weighted by molar-refractivity contribution is 7.18. The molecule has 8 heteroatoms. The molecule has 1 aliphatic heterocycles. The topological polar surface area (TPSA) is 90.5 Å². The zero-order valence-electron chi connectivity index (χ0n) is 17.5. The third kappa shape index (κ3) is 5.33. The van der Waals surface area contributed by atoms with Crippen LogP contribution in [0.3, 0.4) is 0 Å². The van der Waals surface area contributed by atoms with Crippen LogP contribution in [0.2, 0.25) is 0 Å². The fraction of sp³-hybridized carbons (Fsp3) is 0.208. The maximum absolute atomic E-state index is 12.9. The van der Waals surface area contributed by atoms with Crippen molar-refractivity contribution in [1.82, 2.24) is 4.90 Å². The fourth-order valence-electron chi connectivity index (χ4n) is 3.55. The van der Waals surface area contributed by atoms with Crippen LogP contribution in [0.5, 0.6) is 0 Å². The first kappa shape index (κ1) is 21.6. The number of nitrogens with zero attached hydrogens (tertiary/aromatic N) is 1.